The molecular weight excluding hydrogens is 1480 g/mol. The fourth-order valence-electron chi connectivity index (χ4n) is 17.4. The van der Waals surface area contributed by atoms with Crippen molar-refractivity contribution in [2.45, 2.75) is 220 Å². The predicted octanol–water partition coefficient (Wildman–Crippen LogP) is 3.28. The monoisotopic (exact) mass is 1580 g/mol. The number of benzene rings is 1. The Balaban J connectivity index is 0.000000623. The minimum absolute atomic E-state index is 0. The Kier molecular flexibility index (Phi) is 25.2. The Bertz CT molecular complexity index is 4520. The number of hydrogen-bond donors (Lipinski definition) is 11. The van der Waals surface area contributed by atoms with Gasteiger partial charge in [-0.1, -0.05) is 40.7 Å². The van der Waals surface area contributed by atoms with E-state index in [0.29, 0.717) is 74.0 Å². The van der Waals surface area contributed by atoms with Crippen LogP contribution in [0.4, 0.5) is 5.82 Å². The van der Waals surface area contributed by atoms with Gasteiger partial charge >= 0.3 is 16.8 Å². The number of phosphoric ester groups is 1. The Morgan fingerprint density at radius 1 is 0.752 bits per heavy atom. The Morgan fingerprint density at radius 3 is 1.98 bits per heavy atom. The van der Waals surface area contributed by atoms with Gasteiger partial charge in [-0.3, -0.25) is 52.9 Å². The standard InChI is InChI=1S/C63H91N12O14P.C10H12N5O3.Co/c1-30-21-41-42(22-31(30)2)75(29-70-41)58-53(84)54(43(28-76)87-58)89-90(85,86)88-33(4)27-69-50(83)19-20-60(9)39(23-47(66)80)57-63(12)62(11,26-49(68)82)38(16-18-46(65)79)52(74-63)35(6)56-61(10,25-48(67)81)36(15-17-45(64)78)40(71-56)24-44-59(7,8)37(14-13-32(3)77)51(72-44)34(5)55(60)73-57;1-4-6(16)7(17)10(18-4)15-3-14-5-8(11)12-2-13-9(5)15;/h21-22,24,29,33,36-39,43,53-54,57-58,76,84H,13-20,23,25-28H2,1-12H3,(H13,64,65,66,67,68,69,71,72,73,74,78,79,80,81,82,83,85,86);2-4,6-7,10,16-17H,1H2,(H2,11,12,13);/q;-1;+3/p-2. The molecule has 0 saturated carbocycles. The number of nitrogens with zero attached hydrogens (tertiary/aromatic N) is 10. The molecule has 3 saturated heterocycles. The summed E-state index contributed by atoms with van der Waals surface area (Å²) in [5.41, 5.74) is 37.8. The molecule has 109 heavy (non-hydrogen) atoms. The van der Waals surface area contributed by atoms with Gasteiger partial charge in [0, 0.05) is 108 Å². The third-order valence-electron chi connectivity index (χ3n) is 23.6. The van der Waals surface area contributed by atoms with Crippen molar-refractivity contribution >= 4 is 94.2 Å². The molecule has 6 amide bonds. The van der Waals surface area contributed by atoms with Crippen LogP contribution >= 0.6 is 7.82 Å². The van der Waals surface area contributed by atoms with Gasteiger partial charge in [-0.2, -0.15) is 5.70 Å². The summed E-state index contributed by atoms with van der Waals surface area (Å²) < 4.78 is 38.8. The van der Waals surface area contributed by atoms with Crippen LogP contribution in [0.1, 0.15) is 163 Å². The van der Waals surface area contributed by atoms with Crippen LogP contribution in [-0.4, -0.2) is 175 Å². The molecule has 8 bridgehead atoms. The van der Waals surface area contributed by atoms with Gasteiger partial charge in [-0.05, 0) is 132 Å². The van der Waals surface area contributed by atoms with E-state index in [1.807, 2.05) is 80.5 Å². The Morgan fingerprint density at radius 2 is 1.38 bits per heavy atom. The molecular formula is C73H101CoN17O17P. The van der Waals surface area contributed by atoms with E-state index in [4.69, 9.17) is 73.2 Å². The first-order valence-corrected chi connectivity index (χ1v) is 37.5. The molecule has 7 aliphatic rings. The van der Waals surface area contributed by atoms with Crippen LogP contribution in [-0.2, 0) is 73.4 Å². The van der Waals surface area contributed by atoms with Crippen molar-refractivity contribution in [3.05, 3.63) is 88.8 Å². The van der Waals surface area contributed by atoms with Crippen LogP contribution in [0.2, 0.25) is 0 Å². The smallest absolute Gasteiger partial charge is 0.756 e. The number of primary amides is 5. The molecule has 1 aromatic carbocycles. The number of aliphatic hydroxyl groups excluding tert-OH is 4. The number of hydrogen-bond acceptors (Lipinski definition) is 25. The van der Waals surface area contributed by atoms with Crippen LogP contribution < -0.4 is 44.6 Å². The van der Waals surface area contributed by atoms with E-state index in [1.54, 1.807) is 6.92 Å². The number of nitrogens with one attached hydrogen (secondary N) is 1. The van der Waals surface area contributed by atoms with Gasteiger partial charge < -0.3 is 105 Å². The number of nitrogen functional groups attached to an aromatic ring is 1. The van der Waals surface area contributed by atoms with Crippen molar-refractivity contribution in [2.24, 2.45) is 89.0 Å². The van der Waals surface area contributed by atoms with Gasteiger partial charge in [0.15, 0.2) is 23.9 Å². The number of ketones is 1. The topological polar surface area (TPSA) is 558 Å². The predicted molar refractivity (Wildman–Crippen MR) is 394 cm³/mol. The van der Waals surface area contributed by atoms with Crippen molar-refractivity contribution < 1.29 is 98.7 Å². The summed E-state index contributed by atoms with van der Waals surface area (Å²) in [4.78, 5) is 140. The molecule has 0 spiro atoms. The van der Waals surface area contributed by atoms with Crippen molar-refractivity contribution in [1.82, 2.24) is 34.4 Å². The molecule has 0 aliphatic carbocycles. The minimum Gasteiger partial charge on any atom is -0.756 e. The third kappa shape index (κ3) is 16.4. The first-order chi connectivity index (χ1) is 50.4. The zero-order valence-electron chi connectivity index (χ0n) is 63.3. The third-order valence-corrected chi connectivity index (χ3v) is 24.7. The number of aromatic nitrogens is 6. The number of anilines is 1. The van der Waals surface area contributed by atoms with Gasteiger partial charge in [0.2, 0.25) is 35.4 Å². The van der Waals surface area contributed by atoms with Crippen molar-refractivity contribution in [3.8, 4) is 0 Å². The summed E-state index contributed by atoms with van der Waals surface area (Å²) in [6, 6.07) is 2.68. The van der Waals surface area contributed by atoms with E-state index in [-0.39, 0.29) is 99.1 Å². The fraction of sp³-hybridized carbons (Fsp3) is 0.603. The molecule has 10 heterocycles. The molecule has 3 fully saturated rings. The second-order valence-electron chi connectivity index (χ2n) is 31.4. The number of rotatable bonds is 27. The Hall–Kier alpha value is -8.06. The molecule has 17 N–H and O–H groups in total. The number of allylic oxidation sites excluding steroid dienone is 6. The Labute approximate surface area is 641 Å². The summed E-state index contributed by atoms with van der Waals surface area (Å²) in [6.45, 7) is 24.3. The number of phosphoric acid groups is 1. The number of fused-ring (bicyclic) bond motifs is 8. The summed E-state index contributed by atoms with van der Waals surface area (Å²) in [7, 11) is -5.31. The number of imidazole rings is 2. The number of carbonyl (C=O) groups is 7. The summed E-state index contributed by atoms with van der Waals surface area (Å²) in [5.74, 6) is -6.45. The van der Waals surface area contributed by atoms with E-state index in [2.05, 4.69) is 32.2 Å². The molecule has 36 heteroatoms. The molecule has 7 aliphatic heterocycles. The van der Waals surface area contributed by atoms with E-state index < -0.39 is 162 Å². The van der Waals surface area contributed by atoms with E-state index in [1.165, 1.54) is 42.0 Å². The molecule has 19 atom stereocenters. The number of amides is 6. The maximum absolute atomic E-state index is 14.4. The van der Waals surface area contributed by atoms with Crippen LogP contribution in [0.15, 0.2) is 80.4 Å². The van der Waals surface area contributed by atoms with Crippen LogP contribution in [0.3, 0.4) is 0 Å². The fourth-order valence-corrected chi connectivity index (χ4v) is 18.5. The maximum Gasteiger partial charge on any atom is 3.00 e. The van der Waals surface area contributed by atoms with Crippen LogP contribution in [0, 0.1) is 66.1 Å². The number of aliphatic hydroxyl groups is 4. The van der Waals surface area contributed by atoms with Gasteiger partial charge in [0.1, 0.15) is 42.0 Å². The second kappa shape index (κ2) is 32.3. The summed E-state index contributed by atoms with van der Waals surface area (Å²) in [6.07, 6.45) is -5.15. The molecule has 19 unspecified atom stereocenters. The van der Waals surface area contributed by atoms with Gasteiger partial charge in [0.25, 0.3) is 7.82 Å². The van der Waals surface area contributed by atoms with Gasteiger partial charge in [-0.15, -0.1) is 0 Å². The first kappa shape index (κ1) is 84.9. The summed E-state index contributed by atoms with van der Waals surface area (Å²) in [5, 5.41) is 49.7. The second-order valence-corrected chi connectivity index (χ2v) is 32.7. The van der Waals surface area contributed by atoms with Gasteiger partial charge in [0.05, 0.1) is 53.7 Å². The number of ether oxygens (including phenoxy) is 2. The quantitative estimate of drug-likeness (QED) is 0.0301. The number of aliphatic imine (C=N–C) groups is 3. The van der Waals surface area contributed by atoms with Crippen LogP contribution in [0.5, 0.6) is 0 Å². The van der Waals surface area contributed by atoms with Crippen molar-refractivity contribution in [1.29, 1.82) is 0 Å². The minimum atomic E-state index is -5.31. The average Bonchev–Trinajstić information content (AvgIpc) is 1.53. The maximum atomic E-state index is 14.4. The number of Topliss-reactive ketones (excluding diaryl/α,β-unsaturated/α-hetero) is 1. The van der Waals surface area contributed by atoms with Crippen LogP contribution in [0.25, 0.3) is 27.5 Å². The largest absolute Gasteiger partial charge is 3.00 e. The average molecular weight is 1580 g/mol. The van der Waals surface area contributed by atoms with Gasteiger partial charge in [-0.25, -0.2) is 19.9 Å². The van der Waals surface area contributed by atoms with E-state index in [9.17, 15) is 63.4 Å². The number of nitrogens with two attached hydrogens (primary N) is 6. The number of carbonyl (C=O) groups excluding carboxylic acids is 7. The van der Waals surface area contributed by atoms with Crippen molar-refractivity contribution in [3.63, 3.8) is 0 Å². The summed E-state index contributed by atoms with van der Waals surface area (Å²) >= 11 is 0. The van der Waals surface area contributed by atoms with E-state index >= 15 is 0 Å². The molecule has 3 aromatic heterocycles. The zero-order chi connectivity index (χ0) is 79.6. The molecule has 11 rings (SSSR count). The normalized spacial score (nSPS) is 31.8. The van der Waals surface area contributed by atoms with Crippen molar-refractivity contribution in [2.75, 3.05) is 18.9 Å². The molecule has 34 nitrogen and oxygen atoms in total. The first-order valence-electron chi connectivity index (χ1n) is 36.1. The van der Waals surface area contributed by atoms with E-state index in [0.717, 1.165) is 11.1 Å². The molecule has 4 aromatic rings. The molecule has 594 valence electrons. The number of aryl methyl sites for hydroxylation is 2. The zero-order valence-corrected chi connectivity index (χ0v) is 65.2. The SMILES string of the molecule is CC(=O)CCC1C2=NC(=CC3=NC(=C(C)C4=NC(C)(C5[N-]C(=C2C)C(C)(CCC(=O)NCC(C)OP(=O)([O-])OC2C(CO)OC(n6cnc7cc(C)c(C)cc76)C2O)C5CC(N)=O)C(C)(CC(N)=O)C4CCC(N)=O)C(C)(CC(N)=O)C3CCC(N)=O)C1(C)C.[CH2-]C1OC(n2cnc3c(N)ncnc32)C(O)C1O.[Co+3]. The molecule has 0 radical (unpaired) electrons.